The molecule has 0 aliphatic rings. The van der Waals surface area contributed by atoms with Crippen LogP contribution in [-0.2, 0) is 9.53 Å². The van der Waals surface area contributed by atoms with Crippen LogP contribution in [0.1, 0.15) is 12.5 Å². The third-order valence-corrected chi connectivity index (χ3v) is 3.75. The molecule has 0 aliphatic heterocycles. The Morgan fingerprint density at radius 2 is 1.74 bits per heavy atom. The summed E-state index contributed by atoms with van der Waals surface area (Å²) < 4.78 is 10.6. The number of esters is 1. The summed E-state index contributed by atoms with van der Waals surface area (Å²) in [4.78, 5) is 12.1. The van der Waals surface area contributed by atoms with Crippen LogP contribution >= 0.6 is 34.8 Å². The number of ether oxygens (including phenoxy) is 2. The smallest absolute Gasteiger partial charge is 0.374 e. The Labute approximate surface area is 149 Å². The van der Waals surface area contributed by atoms with Crippen molar-refractivity contribution in [3.8, 4) is 5.75 Å². The molecule has 0 amide bonds. The van der Waals surface area contributed by atoms with Crippen molar-refractivity contribution in [3.63, 3.8) is 0 Å². The van der Waals surface area contributed by atoms with Crippen molar-refractivity contribution in [2.45, 2.75) is 6.92 Å². The molecule has 2 aromatic rings. The van der Waals surface area contributed by atoms with Crippen LogP contribution in [0.5, 0.6) is 5.75 Å². The topological polar surface area (TPSA) is 35.5 Å². The van der Waals surface area contributed by atoms with Crippen LogP contribution in [0.15, 0.2) is 48.2 Å². The molecule has 0 bridgehead atoms. The number of hydrogen-bond donors (Lipinski definition) is 0. The predicted octanol–water partition coefficient (Wildman–Crippen LogP) is 5.63. The second-order valence-electron chi connectivity index (χ2n) is 4.46. The molecule has 0 saturated heterocycles. The van der Waals surface area contributed by atoms with E-state index in [0.29, 0.717) is 26.4 Å². The fraction of sp³-hybridized carbons (Fsp3) is 0.118. The Hall–Kier alpha value is -1.68. The summed E-state index contributed by atoms with van der Waals surface area (Å²) in [6.45, 7) is 1.96. The van der Waals surface area contributed by atoms with Crippen LogP contribution in [0.3, 0.4) is 0 Å². The van der Waals surface area contributed by atoms with E-state index < -0.39 is 5.97 Å². The van der Waals surface area contributed by atoms with Crippen molar-refractivity contribution in [3.05, 3.63) is 68.9 Å². The first-order valence-corrected chi connectivity index (χ1v) is 7.90. The molecule has 0 unspecified atom stereocenters. The van der Waals surface area contributed by atoms with Crippen LogP contribution in [0.4, 0.5) is 0 Å². The molecule has 0 spiro atoms. The zero-order chi connectivity index (χ0) is 16.8. The van der Waals surface area contributed by atoms with Gasteiger partial charge < -0.3 is 9.47 Å². The minimum absolute atomic E-state index is 0.0348. The molecule has 0 N–H and O–H groups in total. The highest BCUT2D eigenvalue weighted by Crippen LogP contribution is 2.25. The van der Waals surface area contributed by atoms with Gasteiger partial charge in [-0.2, -0.15) is 0 Å². The molecule has 120 valence electrons. The average Bonchev–Trinajstić information content (AvgIpc) is 2.52. The standard InChI is InChI=1S/C17H13Cl3O3/c1-2-22-17(21)16(23-13-6-4-12(18)5-7-13)10-11-3-8-14(19)15(20)9-11/h3-10H,2H2,1H3/b16-10-. The first-order valence-electron chi connectivity index (χ1n) is 6.77. The highest BCUT2D eigenvalue weighted by Gasteiger charge is 2.14. The van der Waals surface area contributed by atoms with Crippen molar-refractivity contribution in [1.82, 2.24) is 0 Å². The summed E-state index contributed by atoms with van der Waals surface area (Å²) in [5.74, 6) is -0.0742. The molecule has 0 atom stereocenters. The van der Waals surface area contributed by atoms with Gasteiger partial charge >= 0.3 is 5.97 Å². The summed E-state index contributed by atoms with van der Waals surface area (Å²) in [5, 5.41) is 1.39. The Balaban J connectivity index is 2.32. The van der Waals surface area contributed by atoms with E-state index in [0.717, 1.165) is 0 Å². The second kappa shape index (κ2) is 8.25. The second-order valence-corrected chi connectivity index (χ2v) is 5.71. The molecule has 0 aliphatic carbocycles. The average molecular weight is 372 g/mol. The third kappa shape index (κ3) is 5.17. The number of benzene rings is 2. The molecule has 0 aromatic heterocycles. The van der Waals surface area contributed by atoms with Gasteiger partial charge in [0.2, 0.25) is 5.76 Å². The number of hydrogen-bond acceptors (Lipinski definition) is 3. The summed E-state index contributed by atoms with van der Waals surface area (Å²) in [7, 11) is 0. The Morgan fingerprint density at radius 1 is 1.04 bits per heavy atom. The minimum atomic E-state index is -0.575. The van der Waals surface area contributed by atoms with E-state index in [2.05, 4.69) is 0 Å². The van der Waals surface area contributed by atoms with E-state index in [-0.39, 0.29) is 12.4 Å². The maximum atomic E-state index is 12.1. The van der Waals surface area contributed by atoms with Crippen LogP contribution in [0, 0.1) is 0 Å². The number of carbonyl (C=O) groups is 1. The van der Waals surface area contributed by atoms with Gasteiger partial charge in [0.05, 0.1) is 16.7 Å². The Kier molecular flexibility index (Phi) is 6.34. The van der Waals surface area contributed by atoms with Gasteiger partial charge in [0.1, 0.15) is 5.75 Å². The molecule has 0 radical (unpaired) electrons. The van der Waals surface area contributed by atoms with Gasteiger partial charge in [-0.05, 0) is 55.0 Å². The molecule has 3 nitrogen and oxygen atoms in total. The largest absolute Gasteiger partial charge is 0.460 e. The maximum Gasteiger partial charge on any atom is 0.374 e. The van der Waals surface area contributed by atoms with Crippen LogP contribution in [0.25, 0.3) is 6.08 Å². The normalized spacial score (nSPS) is 11.2. The molecular formula is C17H13Cl3O3. The van der Waals surface area contributed by atoms with Crippen molar-refractivity contribution in [1.29, 1.82) is 0 Å². The van der Waals surface area contributed by atoms with E-state index >= 15 is 0 Å². The summed E-state index contributed by atoms with van der Waals surface area (Å²) in [6, 6.07) is 11.6. The maximum absolute atomic E-state index is 12.1. The SMILES string of the molecule is CCOC(=O)/C(=C/c1ccc(Cl)c(Cl)c1)Oc1ccc(Cl)cc1. The van der Waals surface area contributed by atoms with Crippen molar-refractivity contribution in [2.75, 3.05) is 6.61 Å². The fourth-order valence-corrected chi connectivity index (χ4v) is 2.15. The van der Waals surface area contributed by atoms with Gasteiger partial charge in [0.25, 0.3) is 0 Å². The summed E-state index contributed by atoms with van der Waals surface area (Å²) in [5.41, 5.74) is 0.663. The molecule has 0 heterocycles. The monoisotopic (exact) mass is 370 g/mol. The van der Waals surface area contributed by atoms with Crippen molar-refractivity contribution < 1.29 is 14.3 Å². The Morgan fingerprint density at radius 3 is 2.35 bits per heavy atom. The lowest BCUT2D eigenvalue weighted by atomic mass is 10.2. The summed E-state index contributed by atoms with van der Waals surface area (Å²) >= 11 is 17.7. The highest BCUT2D eigenvalue weighted by molar-refractivity contribution is 6.42. The van der Waals surface area contributed by atoms with Gasteiger partial charge in [-0.3, -0.25) is 0 Å². The lowest BCUT2D eigenvalue weighted by Gasteiger charge is -2.10. The van der Waals surface area contributed by atoms with Gasteiger partial charge in [-0.1, -0.05) is 40.9 Å². The first kappa shape index (κ1) is 17.7. The van der Waals surface area contributed by atoms with Crippen molar-refractivity contribution >= 4 is 46.8 Å². The third-order valence-electron chi connectivity index (χ3n) is 2.76. The predicted molar refractivity (Wildman–Crippen MR) is 93.2 cm³/mol. The van der Waals surface area contributed by atoms with Gasteiger partial charge in [-0.25, -0.2) is 4.79 Å². The molecule has 0 fully saturated rings. The van der Waals surface area contributed by atoms with Crippen LogP contribution in [0.2, 0.25) is 15.1 Å². The number of halogens is 3. The molecule has 2 rings (SSSR count). The Bertz CT molecular complexity index is 724. The minimum Gasteiger partial charge on any atom is -0.460 e. The van der Waals surface area contributed by atoms with E-state index in [9.17, 15) is 4.79 Å². The molecule has 0 saturated carbocycles. The molecule has 2 aromatic carbocycles. The van der Waals surface area contributed by atoms with E-state index in [1.54, 1.807) is 49.4 Å². The van der Waals surface area contributed by atoms with Gasteiger partial charge in [-0.15, -0.1) is 0 Å². The lowest BCUT2D eigenvalue weighted by molar-refractivity contribution is -0.140. The highest BCUT2D eigenvalue weighted by atomic mass is 35.5. The molecular weight excluding hydrogens is 359 g/mol. The number of rotatable bonds is 5. The van der Waals surface area contributed by atoms with E-state index in [1.165, 1.54) is 6.08 Å². The number of carbonyl (C=O) groups excluding carboxylic acids is 1. The molecule has 23 heavy (non-hydrogen) atoms. The summed E-state index contributed by atoms with van der Waals surface area (Å²) in [6.07, 6.45) is 1.54. The van der Waals surface area contributed by atoms with Gasteiger partial charge in [0, 0.05) is 5.02 Å². The quantitative estimate of drug-likeness (QED) is 0.388. The van der Waals surface area contributed by atoms with Gasteiger partial charge in [0.15, 0.2) is 0 Å². The zero-order valence-corrected chi connectivity index (χ0v) is 14.5. The van der Waals surface area contributed by atoms with E-state index in [1.807, 2.05) is 0 Å². The lowest BCUT2D eigenvalue weighted by Crippen LogP contribution is -2.12. The molecule has 6 heteroatoms. The first-order chi connectivity index (χ1) is 11.0. The van der Waals surface area contributed by atoms with Crippen LogP contribution in [-0.4, -0.2) is 12.6 Å². The fourth-order valence-electron chi connectivity index (χ4n) is 1.72. The zero-order valence-electron chi connectivity index (χ0n) is 12.2. The van der Waals surface area contributed by atoms with Crippen molar-refractivity contribution in [2.24, 2.45) is 0 Å². The van der Waals surface area contributed by atoms with Crippen LogP contribution < -0.4 is 4.74 Å². The van der Waals surface area contributed by atoms with E-state index in [4.69, 9.17) is 44.3 Å².